The van der Waals surface area contributed by atoms with Crippen molar-refractivity contribution in [2.45, 2.75) is 33.5 Å². The SMILES string of the molecule is Cc1cccc(COc2ccc(/C=C3\SC(=O)N(CC(=O)OC(C)C)C3=O)cc2)c1. The van der Waals surface area contributed by atoms with Crippen molar-refractivity contribution >= 4 is 35.0 Å². The third-order valence-electron chi connectivity index (χ3n) is 4.19. The van der Waals surface area contributed by atoms with Crippen LogP contribution in [0.15, 0.2) is 53.4 Å². The molecule has 6 nitrogen and oxygen atoms in total. The van der Waals surface area contributed by atoms with E-state index in [0.29, 0.717) is 12.4 Å². The second kappa shape index (κ2) is 9.63. The lowest BCUT2D eigenvalue weighted by Crippen LogP contribution is -2.35. The summed E-state index contributed by atoms with van der Waals surface area (Å²) in [5.74, 6) is -0.396. The maximum absolute atomic E-state index is 12.5. The largest absolute Gasteiger partial charge is 0.489 e. The first-order valence-corrected chi connectivity index (χ1v) is 10.4. The average molecular weight is 426 g/mol. The number of esters is 1. The Bertz CT molecular complexity index is 981. The molecule has 1 fully saturated rings. The first-order chi connectivity index (χ1) is 14.3. The van der Waals surface area contributed by atoms with Gasteiger partial charge in [0.1, 0.15) is 18.9 Å². The third kappa shape index (κ3) is 5.73. The highest BCUT2D eigenvalue weighted by atomic mass is 32.2. The fourth-order valence-electron chi connectivity index (χ4n) is 2.85. The number of hydrogen-bond acceptors (Lipinski definition) is 6. The van der Waals surface area contributed by atoms with Crippen LogP contribution in [0.1, 0.15) is 30.5 Å². The smallest absolute Gasteiger partial charge is 0.326 e. The van der Waals surface area contributed by atoms with Crippen molar-refractivity contribution in [2.24, 2.45) is 0 Å². The Hall–Kier alpha value is -3.06. The molecular formula is C23H23NO5S. The number of carbonyl (C=O) groups excluding carboxylic acids is 3. The third-order valence-corrected chi connectivity index (χ3v) is 5.10. The van der Waals surface area contributed by atoms with Gasteiger partial charge in [-0.3, -0.25) is 19.3 Å². The van der Waals surface area contributed by atoms with Crippen molar-refractivity contribution in [2.75, 3.05) is 6.54 Å². The van der Waals surface area contributed by atoms with Gasteiger partial charge in [0, 0.05) is 0 Å². The predicted molar refractivity (Wildman–Crippen MR) is 116 cm³/mol. The number of carbonyl (C=O) groups is 3. The fraction of sp³-hybridized carbons (Fsp3) is 0.261. The molecule has 1 heterocycles. The molecule has 0 aliphatic carbocycles. The van der Waals surface area contributed by atoms with Gasteiger partial charge in [-0.25, -0.2) is 0 Å². The summed E-state index contributed by atoms with van der Waals surface area (Å²) in [5, 5.41) is -0.481. The Kier molecular flexibility index (Phi) is 6.95. The Morgan fingerprint density at radius 3 is 2.53 bits per heavy atom. The molecule has 0 N–H and O–H groups in total. The van der Waals surface area contributed by atoms with Crippen LogP contribution in [0.2, 0.25) is 0 Å². The zero-order valence-corrected chi connectivity index (χ0v) is 17.9. The highest BCUT2D eigenvalue weighted by molar-refractivity contribution is 8.18. The molecule has 2 aromatic carbocycles. The van der Waals surface area contributed by atoms with Crippen LogP contribution in [0.3, 0.4) is 0 Å². The molecule has 0 unspecified atom stereocenters. The van der Waals surface area contributed by atoms with E-state index in [4.69, 9.17) is 9.47 Å². The summed E-state index contributed by atoms with van der Waals surface area (Å²) in [6.07, 6.45) is 1.32. The molecule has 0 radical (unpaired) electrons. The topological polar surface area (TPSA) is 72.9 Å². The summed E-state index contributed by atoms with van der Waals surface area (Å²) in [7, 11) is 0. The van der Waals surface area contributed by atoms with Crippen molar-refractivity contribution in [1.82, 2.24) is 4.90 Å². The number of thioether (sulfide) groups is 1. The van der Waals surface area contributed by atoms with E-state index in [2.05, 4.69) is 6.07 Å². The van der Waals surface area contributed by atoms with Crippen molar-refractivity contribution in [1.29, 1.82) is 0 Å². The van der Waals surface area contributed by atoms with Crippen molar-refractivity contribution in [3.8, 4) is 5.75 Å². The molecule has 2 amide bonds. The monoisotopic (exact) mass is 425 g/mol. The minimum absolute atomic E-state index is 0.269. The van der Waals surface area contributed by atoms with Gasteiger partial charge >= 0.3 is 5.97 Å². The summed E-state index contributed by atoms with van der Waals surface area (Å²) >= 11 is 0.810. The molecule has 0 bridgehead atoms. The lowest BCUT2D eigenvalue weighted by molar-refractivity contribution is -0.149. The minimum Gasteiger partial charge on any atom is -0.489 e. The Morgan fingerprint density at radius 1 is 1.13 bits per heavy atom. The zero-order valence-electron chi connectivity index (χ0n) is 17.1. The number of aryl methyl sites for hydroxylation is 1. The van der Waals surface area contributed by atoms with Crippen LogP contribution < -0.4 is 4.74 Å². The summed E-state index contributed by atoms with van der Waals surface area (Å²) < 4.78 is 10.8. The van der Waals surface area contributed by atoms with E-state index in [1.54, 1.807) is 19.9 Å². The molecule has 1 aliphatic heterocycles. The Morgan fingerprint density at radius 2 is 1.87 bits per heavy atom. The molecule has 0 saturated carbocycles. The molecule has 1 aliphatic rings. The quantitative estimate of drug-likeness (QED) is 0.478. The summed E-state index contributed by atoms with van der Waals surface area (Å²) in [6, 6.07) is 15.4. The van der Waals surface area contributed by atoms with Gasteiger partial charge in [0.15, 0.2) is 0 Å². The first-order valence-electron chi connectivity index (χ1n) is 9.55. The molecule has 0 aromatic heterocycles. The number of imide groups is 1. The van der Waals surface area contributed by atoms with Gasteiger partial charge in [0.2, 0.25) is 0 Å². The van der Waals surface area contributed by atoms with Gasteiger partial charge in [0.05, 0.1) is 11.0 Å². The van der Waals surface area contributed by atoms with Gasteiger partial charge in [-0.2, -0.15) is 0 Å². The van der Waals surface area contributed by atoms with Gasteiger partial charge in [-0.1, -0.05) is 42.0 Å². The summed E-state index contributed by atoms with van der Waals surface area (Å²) in [6.45, 7) is 5.53. The van der Waals surface area contributed by atoms with Crippen molar-refractivity contribution < 1.29 is 23.9 Å². The van der Waals surface area contributed by atoms with Crippen LogP contribution in [0, 0.1) is 6.92 Å². The zero-order chi connectivity index (χ0) is 21.7. The van der Waals surface area contributed by atoms with E-state index in [9.17, 15) is 14.4 Å². The standard InChI is InChI=1S/C23H23NO5S/c1-15(2)29-21(25)13-24-22(26)20(30-23(24)27)12-17-7-9-19(10-8-17)28-14-18-6-4-5-16(3)11-18/h4-12,15H,13-14H2,1-3H3/b20-12-. The molecule has 156 valence electrons. The van der Waals surface area contributed by atoms with Crippen LogP contribution in [-0.2, 0) is 20.9 Å². The Labute approximate surface area is 179 Å². The van der Waals surface area contributed by atoms with Crippen LogP contribution in [-0.4, -0.2) is 34.7 Å². The normalized spacial score (nSPS) is 15.2. The molecule has 2 aromatic rings. The number of ether oxygens (including phenoxy) is 2. The lowest BCUT2D eigenvalue weighted by atomic mass is 10.1. The van der Waals surface area contributed by atoms with Gasteiger partial charge in [-0.15, -0.1) is 0 Å². The molecule has 3 rings (SSSR count). The van der Waals surface area contributed by atoms with Crippen LogP contribution in [0.4, 0.5) is 4.79 Å². The minimum atomic E-state index is -0.608. The van der Waals surface area contributed by atoms with Crippen LogP contribution >= 0.6 is 11.8 Å². The van der Waals surface area contributed by atoms with E-state index >= 15 is 0 Å². The van der Waals surface area contributed by atoms with Gasteiger partial charge in [-0.05, 0) is 61.9 Å². The van der Waals surface area contributed by atoms with Crippen LogP contribution in [0.5, 0.6) is 5.75 Å². The average Bonchev–Trinajstić information content (AvgIpc) is 2.94. The number of amides is 2. The molecule has 0 atom stereocenters. The first kappa shape index (κ1) is 21.6. The molecule has 30 heavy (non-hydrogen) atoms. The lowest BCUT2D eigenvalue weighted by Gasteiger charge is -2.13. The van der Waals surface area contributed by atoms with E-state index < -0.39 is 17.1 Å². The van der Waals surface area contributed by atoms with Crippen molar-refractivity contribution in [3.05, 3.63) is 70.1 Å². The molecule has 1 saturated heterocycles. The number of benzene rings is 2. The molecule has 0 spiro atoms. The van der Waals surface area contributed by atoms with E-state index in [1.807, 2.05) is 49.4 Å². The highest BCUT2D eigenvalue weighted by Gasteiger charge is 2.36. The number of hydrogen-bond donors (Lipinski definition) is 0. The van der Waals surface area contributed by atoms with Crippen molar-refractivity contribution in [3.63, 3.8) is 0 Å². The second-order valence-electron chi connectivity index (χ2n) is 7.15. The highest BCUT2D eigenvalue weighted by Crippen LogP contribution is 2.32. The maximum Gasteiger partial charge on any atom is 0.326 e. The maximum atomic E-state index is 12.5. The second-order valence-corrected chi connectivity index (χ2v) is 8.15. The Balaban J connectivity index is 1.61. The summed E-state index contributed by atoms with van der Waals surface area (Å²) in [5.41, 5.74) is 3.02. The fourth-order valence-corrected chi connectivity index (χ4v) is 3.68. The van der Waals surface area contributed by atoms with E-state index in [1.165, 1.54) is 5.56 Å². The van der Waals surface area contributed by atoms with Crippen LogP contribution in [0.25, 0.3) is 6.08 Å². The summed E-state index contributed by atoms with van der Waals surface area (Å²) in [4.78, 5) is 37.5. The van der Waals surface area contributed by atoms with Gasteiger partial charge in [0.25, 0.3) is 11.1 Å². The van der Waals surface area contributed by atoms with Gasteiger partial charge < -0.3 is 9.47 Å². The predicted octanol–water partition coefficient (Wildman–Crippen LogP) is 4.56. The van der Waals surface area contributed by atoms with E-state index in [-0.39, 0.29) is 17.6 Å². The molecule has 7 heteroatoms. The molecular weight excluding hydrogens is 402 g/mol. The number of nitrogens with zero attached hydrogens (tertiary/aromatic N) is 1. The number of rotatable bonds is 7. The van der Waals surface area contributed by atoms with E-state index in [0.717, 1.165) is 27.8 Å².